The third-order valence-electron chi connectivity index (χ3n) is 3.28. The lowest BCUT2D eigenvalue weighted by Crippen LogP contribution is -2.47. The first-order chi connectivity index (χ1) is 10.8. The van der Waals surface area contributed by atoms with Gasteiger partial charge in [0.15, 0.2) is 6.10 Å². The summed E-state index contributed by atoms with van der Waals surface area (Å²) in [4.78, 5) is 36.1. The van der Waals surface area contributed by atoms with Crippen LogP contribution >= 0.6 is 22.6 Å². The van der Waals surface area contributed by atoms with E-state index in [4.69, 9.17) is 4.74 Å². The number of alkyl carbamates (subject to hydrolysis) is 1. The van der Waals surface area contributed by atoms with Crippen molar-refractivity contribution in [1.29, 1.82) is 0 Å². The zero-order valence-electron chi connectivity index (χ0n) is 12.5. The molecule has 0 radical (unpaired) electrons. The van der Waals surface area contributed by atoms with Crippen LogP contribution in [0.5, 0.6) is 5.75 Å². The van der Waals surface area contributed by atoms with Gasteiger partial charge in [-0.15, -0.1) is 0 Å². The number of nitrogens with zero attached hydrogens (tertiary/aromatic N) is 1. The standard InChI is InChI=1S/C14H15IN2O6/c1-7-12(18)17(4-3-16-14(21)22-2)10-5-8(13(19)20)9(15)6-11(10)23-7/h5-7H,3-4H2,1-2H3,(H,16,21)(H,19,20)/t7-/m1/s1. The van der Waals surface area contributed by atoms with Crippen molar-refractivity contribution in [2.24, 2.45) is 0 Å². The molecule has 1 atom stereocenters. The van der Waals surface area contributed by atoms with Gasteiger partial charge < -0.3 is 24.8 Å². The Labute approximate surface area is 145 Å². The molecule has 0 aliphatic carbocycles. The minimum atomic E-state index is -1.09. The Bertz CT molecular complexity index is 663. The average Bonchev–Trinajstić information content (AvgIpc) is 2.50. The molecule has 2 N–H and O–H groups in total. The molecule has 1 aromatic rings. The summed E-state index contributed by atoms with van der Waals surface area (Å²) in [6.07, 6.45) is -1.29. The van der Waals surface area contributed by atoms with Crippen LogP contribution < -0.4 is 15.0 Å². The fourth-order valence-corrected chi connectivity index (χ4v) is 2.83. The summed E-state index contributed by atoms with van der Waals surface area (Å²) in [5, 5.41) is 11.7. The first-order valence-corrected chi connectivity index (χ1v) is 7.79. The van der Waals surface area contributed by atoms with Crippen molar-refractivity contribution < 1.29 is 29.0 Å². The highest BCUT2D eigenvalue weighted by molar-refractivity contribution is 14.1. The molecule has 9 heteroatoms. The van der Waals surface area contributed by atoms with Crippen LogP contribution in [0.4, 0.5) is 10.5 Å². The van der Waals surface area contributed by atoms with Crippen LogP contribution in [0.1, 0.15) is 17.3 Å². The highest BCUT2D eigenvalue weighted by atomic mass is 127. The molecule has 23 heavy (non-hydrogen) atoms. The van der Waals surface area contributed by atoms with Crippen LogP contribution in [0.25, 0.3) is 0 Å². The Morgan fingerprint density at radius 1 is 1.48 bits per heavy atom. The van der Waals surface area contributed by atoms with Gasteiger partial charge in [-0.05, 0) is 41.6 Å². The van der Waals surface area contributed by atoms with Gasteiger partial charge in [-0.2, -0.15) is 0 Å². The number of hydrogen-bond acceptors (Lipinski definition) is 5. The quantitative estimate of drug-likeness (QED) is 0.696. The molecule has 124 valence electrons. The molecular weight excluding hydrogens is 419 g/mol. The maximum Gasteiger partial charge on any atom is 0.406 e. The molecule has 0 fully saturated rings. The van der Waals surface area contributed by atoms with Crippen molar-refractivity contribution in [1.82, 2.24) is 5.32 Å². The Balaban J connectivity index is 2.31. The van der Waals surface area contributed by atoms with Crippen LogP contribution in [-0.2, 0) is 9.53 Å². The van der Waals surface area contributed by atoms with Gasteiger partial charge in [0.1, 0.15) is 5.75 Å². The van der Waals surface area contributed by atoms with Crippen LogP contribution in [0.3, 0.4) is 0 Å². The highest BCUT2D eigenvalue weighted by Crippen LogP contribution is 2.37. The summed E-state index contributed by atoms with van der Waals surface area (Å²) < 4.78 is 10.5. The number of halogens is 1. The molecular formula is C14H15IN2O6. The highest BCUT2D eigenvalue weighted by Gasteiger charge is 2.32. The minimum Gasteiger partial charge on any atom is -0.479 e. The number of fused-ring (bicyclic) bond motifs is 1. The molecule has 0 saturated carbocycles. The number of carbonyl (C=O) groups excluding carboxylic acids is 2. The normalized spacial score (nSPS) is 16.4. The summed E-state index contributed by atoms with van der Waals surface area (Å²) in [6, 6.07) is 2.99. The number of aromatic carboxylic acids is 1. The second kappa shape index (κ2) is 7.02. The fourth-order valence-electron chi connectivity index (χ4n) is 2.16. The van der Waals surface area contributed by atoms with E-state index in [1.807, 2.05) is 22.6 Å². The molecule has 8 nitrogen and oxygen atoms in total. The average molecular weight is 434 g/mol. The van der Waals surface area contributed by atoms with E-state index in [0.717, 1.165) is 0 Å². The molecule has 1 aliphatic rings. The summed E-state index contributed by atoms with van der Waals surface area (Å²) in [6.45, 7) is 1.96. The predicted octanol–water partition coefficient (Wildman–Crippen LogP) is 1.46. The van der Waals surface area contributed by atoms with E-state index < -0.39 is 18.2 Å². The van der Waals surface area contributed by atoms with E-state index in [1.165, 1.54) is 18.1 Å². The van der Waals surface area contributed by atoms with Gasteiger partial charge in [0.05, 0.1) is 18.4 Å². The van der Waals surface area contributed by atoms with Crippen LogP contribution in [0.15, 0.2) is 12.1 Å². The van der Waals surface area contributed by atoms with Gasteiger partial charge in [0.25, 0.3) is 5.91 Å². The van der Waals surface area contributed by atoms with Crippen molar-refractivity contribution in [3.63, 3.8) is 0 Å². The SMILES string of the molecule is COC(=O)NCCN1C(=O)[C@@H](C)Oc2cc(I)c(C(=O)O)cc21. The van der Waals surface area contributed by atoms with E-state index in [1.54, 1.807) is 13.0 Å². The minimum absolute atomic E-state index is 0.0845. The largest absolute Gasteiger partial charge is 0.479 e. The number of anilines is 1. The summed E-state index contributed by atoms with van der Waals surface area (Å²) in [5.41, 5.74) is 0.457. The first kappa shape index (κ1) is 17.3. The fraction of sp³-hybridized carbons (Fsp3) is 0.357. The van der Waals surface area contributed by atoms with E-state index in [0.29, 0.717) is 15.0 Å². The third kappa shape index (κ3) is 3.66. The van der Waals surface area contributed by atoms with Crippen molar-refractivity contribution >= 4 is 46.2 Å². The second-order valence-electron chi connectivity index (χ2n) is 4.77. The molecule has 1 heterocycles. The maximum absolute atomic E-state index is 12.3. The molecule has 0 spiro atoms. The Hall–Kier alpha value is -2.04. The van der Waals surface area contributed by atoms with Crippen molar-refractivity contribution in [3.8, 4) is 5.75 Å². The number of amides is 2. The van der Waals surface area contributed by atoms with Gasteiger partial charge in [0, 0.05) is 16.7 Å². The molecule has 1 aromatic carbocycles. The summed E-state index contributed by atoms with van der Waals surface area (Å²) >= 11 is 1.91. The number of carboxylic acid groups (broad SMARTS) is 1. The van der Waals surface area contributed by atoms with Crippen molar-refractivity contribution in [2.45, 2.75) is 13.0 Å². The van der Waals surface area contributed by atoms with E-state index >= 15 is 0 Å². The van der Waals surface area contributed by atoms with Gasteiger partial charge in [-0.25, -0.2) is 9.59 Å². The predicted molar refractivity (Wildman–Crippen MR) is 89.0 cm³/mol. The summed E-state index contributed by atoms with van der Waals surface area (Å²) in [5.74, 6) is -0.956. The van der Waals surface area contributed by atoms with Gasteiger partial charge in [-0.1, -0.05) is 0 Å². The number of carbonyl (C=O) groups is 3. The second-order valence-corrected chi connectivity index (χ2v) is 5.94. The number of methoxy groups -OCH3 is 1. The number of ether oxygens (including phenoxy) is 2. The number of carboxylic acids is 1. The number of benzene rings is 1. The van der Waals surface area contributed by atoms with E-state index in [2.05, 4.69) is 10.1 Å². The maximum atomic E-state index is 12.3. The van der Waals surface area contributed by atoms with Crippen LogP contribution in [0, 0.1) is 3.57 Å². The van der Waals surface area contributed by atoms with Crippen molar-refractivity contribution in [3.05, 3.63) is 21.3 Å². The number of rotatable bonds is 4. The molecule has 0 saturated heterocycles. The smallest absolute Gasteiger partial charge is 0.406 e. The lowest BCUT2D eigenvalue weighted by Gasteiger charge is -2.33. The Morgan fingerprint density at radius 2 is 2.17 bits per heavy atom. The zero-order chi connectivity index (χ0) is 17.1. The van der Waals surface area contributed by atoms with Crippen LogP contribution in [0.2, 0.25) is 0 Å². The molecule has 0 bridgehead atoms. The van der Waals surface area contributed by atoms with E-state index in [9.17, 15) is 19.5 Å². The van der Waals surface area contributed by atoms with Gasteiger partial charge in [-0.3, -0.25) is 4.79 Å². The monoisotopic (exact) mass is 434 g/mol. The number of hydrogen-bond donors (Lipinski definition) is 2. The van der Waals surface area contributed by atoms with Gasteiger partial charge >= 0.3 is 12.1 Å². The zero-order valence-corrected chi connectivity index (χ0v) is 14.6. The lowest BCUT2D eigenvalue weighted by atomic mass is 10.1. The van der Waals surface area contributed by atoms with Crippen molar-refractivity contribution in [2.75, 3.05) is 25.1 Å². The van der Waals surface area contributed by atoms with E-state index in [-0.39, 0.29) is 24.6 Å². The van der Waals surface area contributed by atoms with Crippen LogP contribution in [-0.4, -0.2) is 49.4 Å². The van der Waals surface area contributed by atoms with Gasteiger partial charge in [0.2, 0.25) is 0 Å². The third-order valence-corrected chi connectivity index (χ3v) is 4.17. The molecule has 0 aromatic heterocycles. The Morgan fingerprint density at radius 3 is 2.78 bits per heavy atom. The Kier molecular flexibility index (Phi) is 5.29. The topological polar surface area (TPSA) is 105 Å². The molecule has 2 rings (SSSR count). The number of nitrogens with one attached hydrogen (secondary N) is 1. The summed E-state index contributed by atoms with van der Waals surface area (Å²) in [7, 11) is 1.24. The molecule has 2 amide bonds. The molecule has 0 unspecified atom stereocenters. The first-order valence-electron chi connectivity index (χ1n) is 6.71. The molecule has 1 aliphatic heterocycles. The lowest BCUT2D eigenvalue weighted by molar-refractivity contribution is -0.125.